The van der Waals surface area contributed by atoms with Crippen LogP contribution in [0.3, 0.4) is 0 Å². The van der Waals surface area contributed by atoms with E-state index in [4.69, 9.17) is 0 Å². The summed E-state index contributed by atoms with van der Waals surface area (Å²) in [4.78, 5) is 4.17. The molecule has 1 heterocycles. The van der Waals surface area contributed by atoms with Crippen molar-refractivity contribution in [3.8, 4) is 17.3 Å². The molecule has 0 fully saturated rings. The van der Waals surface area contributed by atoms with Crippen molar-refractivity contribution in [1.29, 1.82) is 0 Å². The van der Waals surface area contributed by atoms with E-state index in [9.17, 15) is 18.6 Å². The fourth-order valence-corrected chi connectivity index (χ4v) is 3.04. The van der Waals surface area contributed by atoms with Gasteiger partial charge in [-0.3, -0.25) is 4.99 Å². The van der Waals surface area contributed by atoms with E-state index < -0.39 is 9.84 Å². The minimum absolute atomic E-state index is 0.0448. The third-order valence-electron chi connectivity index (χ3n) is 3.79. The molecule has 2 N–H and O–H groups in total. The van der Waals surface area contributed by atoms with E-state index in [1.54, 1.807) is 19.1 Å². The van der Waals surface area contributed by atoms with Crippen LogP contribution in [-0.2, 0) is 9.84 Å². The molecule has 26 heavy (non-hydrogen) atoms. The fraction of sp³-hybridized carbons (Fsp3) is 0.111. The molecule has 0 radical (unpaired) electrons. The lowest BCUT2D eigenvalue weighted by Gasteiger charge is -2.03. The van der Waals surface area contributed by atoms with E-state index in [0.717, 1.165) is 6.26 Å². The summed E-state index contributed by atoms with van der Waals surface area (Å²) in [5.41, 5.74) is 1.68. The molecule has 0 atom stereocenters. The highest BCUT2D eigenvalue weighted by Gasteiger charge is 2.15. The molecule has 7 nitrogen and oxygen atoms in total. The number of benzene rings is 2. The third kappa shape index (κ3) is 3.45. The molecule has 0 spiro atoms. The van der Waals surface area contributed by atoms with Gasteiger partial charge in [0.15, 0.2) is 9.84 Å². The van der Waals surface area contributed by atoms with Gasteiger partial charge in [0.05, 0.1) is 21.8 Å². The van der Waals surface area contributed by atoms with Gasteiger partial charge in [0.25, 0.3) is 0 Å². The van der Waals surface area contributed by atoms with E-state index in [0.29, 0.717) is 16.9 Å². The Morgan fingerprint density at radius 2 is 1.81 bits per heavy atom. The molecule has 0 aliphatic heterocycles. The SMILES string of the molecule is Cc1nn(-c2ccccc2)c(O)c1/C=N/c1cc(S(C)(=O)=O)ccc1O. The third-order valence-corrected chi connectivity index (χ3v) is 4.90. The Morgan fingerprint density at radius 1 is 1.12 bits per heavy atom. The highest BCUT2D eigenvalue weighted by atomic mass is 32.2. The number of sulfone groups is 1. The number of hydrogen-bond acceptors (Lipinski definition) is 6. The summed E-state index contributed by atoms with van der Waals surface area (Å²) < 4.78 is 24.7. The molecule has 8 heteroatoms. The predicted octanol–water partition coefficient (Wildman–Crippen LogP) is 2.75. The van der Waals surface area contributed by atoms with Gasteiger partial charge >= 0.3 is 0 Å². The minimum atomic E-state index is -3.42. The Bertz CT molecular complexity index is 1090. The largest absolute Gasteiger partial charge is 0.506 e. The summed E-state index contributed by atoms with van der Waals surface area (Å²) in [5, 5.41) is 24.6. The molecule has 0 unspecified atom stereocenters. The first-order valence-corrected chi connectivity index (χ1v) is 9.57. The van der Waals surface area contributed by atoms with Crippen LogP contribution < -0.4 is 0 Å². The predicted molar refractivity (Wildman–Crippen MR) is 98.4 cm³/mol. The highest BCUT2D eigenvalue weighted by molar-refractivity contribution is 7.90. The Morgan fingerprint density at radius 3 is 2.46 bits per heavy atom. The van der Waals surface area contributed by atoms with Crippen LogP contribution >= 0.6 is 0 Å². The smallest absolute Gasteiger partial charge is 0.223 e. The summed E-state index contributed by atoms with van der Waals surface area (Å²) in [6.07, 6.45) is 2.42. The van der Waals surface area contributed by atoms with E-state index in [1.165, 1.54) is 29.1 Å². The van der Waals surface area contributed by atoms with Gasteiger partial charge in [0.2, 0.25) is 5.88 Å². The molecule has 3 rings (SSSR count). The molecule has 134 valence electrons. The van der Waals surface area contributed by atoms with Crippen molar-refractivity contribution in [3.05, 3.63) is 59.8 Å². The second kappa shape index (κ2) is 6.64. The number of aromatic hydroxyl groups is 2. The maximum atomic E-state index is 11.7. The lowest BCUT2D eigenvalue weighted by atomic mass is 10.2. The summed E-state index contributed by atoms with van der Waals surface area (Å²) in [7, 11) is -3.42. The van der Waals surface area contributed by atoms with Crippen LogP contribution in [0.25, 0.3) is 5.69 Å². The van der Waals surface area contributed by atoms with Gasteiger partial charge in [0.1, 0.15) is 11.4 Å². The number of para-hydroxylation sites is 1. The van der Waals surface area contributed by atoms with Gasteiger partial charge in [-0.2, -0.15) is 5.10 Å². The van der Waals surface area contributed by atoms with Gasteiger partial charge in [-0.25, -0.2) is 13.1 Å². The van der Waals surface area contributed by atoms with E-state index in [-0.39, 0.29) is 22.2 Å². The van der Waals surface area contributed by atoms with Crippen molar-refractivity contribution >= 4 is 21.7 Å². The monoisotopic (exact) mass is 371 g/mol. The zero-order chi connectivity index (χ0) is 18.9. The van der Waals surface area contributed by atoms with Crippen molar-refractivity contribution in [1.82, 2.24) is 9.78 Å². The van der Waals surface area contributed by atoms with Gasteiger partial charge in [-0.05, 0) is 37.3 Å². The highest BCUT2D eigenvalue weighted by Crippen LogP contribution is 2.30. The fourth-order valence-electron chi connectivity index (χ4n) is 2.40. The van der Waals surface area contributed by atoms with Crippen LogP contribution in [-0.4, -0.2) is 40.9 Å². The van der Waals surface area contributed by atoms with Crippen molar-refractivity contribution in [3.63, 3.8) is 0 Å². The summed E-state index contributed by atoms with van der Waals surface area (Å²) in [6.45, 7) is 1.72. The molecule has 3 aromatic rings. The summed E-state index contributed by atoms with van der Waals surface area (Å²) >= 11 is 0. The van der Waals surface area contributed by atoms with E-state index in [2.05, 4.69) is 10.1 Å². The lowest BCUT2D eigenvalue weighted by molar-refractivity contribution is 0.433. The maximum Gasteiger partial charge on any atom is 0.223 e. The second-order valence-electron chi connectivity index (χ2n) is 5.75. The molecule has 0 aliphatic carbocycles. The molecule has 0 bridgehead atoms. The van der Waals surface area contributed by atoms with Crippen molar-refractivity contribution < 1.29 is 18.6 Å². The molecule has 0 saturated carbocycles. The molecule has 2 aromatic carbocycles. The van der Waals surface area contributed by atoms with Crippen LogP contribution in [0.15, 0.2) is 58.4 Å². The van der Waals surface area contributed by atoms with Gasteiger partial charge in [0, 0.05) is 12.5 Å². The molecule has 0 saturated heterocycles. The molecule has 0 aliphatic rings. The average Bonchev–Trinajstić information content (AvgIpc) is 2.88. The zero-order valence-corrected chi connectivity index (χ0v) is 15.0. The number of aromatic nitrogens is 2. The Hall–Kier alpha value is -3.13. The average molecular weight is 371 g/mol. The Labute approximate surface area is 150 Å². The summed E-state index contributed by atoms with van der Waals surface area (Å²) in [5.74, 6) is -0.266. The van der Waals surface area contributed by atoms with Crippen LogP contribution in [0, 0.1) is 6.92 Å². The normalized spacial score (nSPS) is 11.9. The number of phenolic OH excluding ortho intramolecular Hbond substituents is 1. The standard InChI is InChI=1S/C18H17N3O4S/c1-12-15(18(23)21(20-12)13-6-4-3-5-7-13)11-19-16-10-14(26(2,24)25)8-9-17(16)22/h3-11,22-23H,1-2H3/b19-11+. The first kappa shape index (κ1) is 17.7. The quantitative estimate of drug-likeness (QED) is 0.686. The van der Waals surface area contributed by atoms with Crippen LogP contribution in [0.5, 0.6) is 11.6 Å². The number of aliphatic imine (C=N–C) groups is 1. The lowest BCUT2D eigenvalue weighted by Crippen LogP contribution is -1.96. The van der Waals surface area contributed by atoms with Gasteiger partial charge in [-0.1, -0.05) is 18.2 Å². The van der Waals surface area contributed by atoms with Crippen LogP contribution in [0.4, 0.5) is 5.69 Å². The molecule has 1 aromatic heterocycles. The van der Waals surface area contributed by atoms with Gasteiger partial charge in [-0.15, -0.1) is 0 Å². The molecular weight excluding hydrogens is 354 g/mol. The first-order valence-electron chi connectivity index (χ1n) is 7.68. The molecule has 0 amide bonds. The minimum Gasteiger partial charge on any atom is -0.506 e. The number of aryl methyl sites for hydroxylation is 1. The first-order chi connectivity index (χ1) is 12.3. The maximum absolute atomic E-state index is 11.7. The zero-order valence-electron chi connectivity index (χ0n) is 14.2. The Kier molecular flexibility index (Phi) is 4.52. The van der Waals surface area contributed by atoms with Crippen LogP contribution in [0.1, 0.15) is 11.3 Å². The van der Waals surface area contributed by atoms with E-state index >= 15 is 0 Å². The summed E-state index contributed by atoms with van der Waals surface area (Å²) in [6, 6.07) is 13.0. The molecular formula is C18H17N3O4S. The number of rotatable bonds is 4. The Balaban J connectivity index is 2.01. The second-order valence-corrected chi connectivity index (χ2v) is 7.77. The van der Waals surface area contributed by atoms with Crippen molar-refractivity contribution in [2.45, 2.75) is 11.8 Å². The van der Waals surface area contributed by atoms with Gasteiger partial charge < -0.3 is 10.2 Å². The number of hydrogen-bond donors (Lipinski definition) is 2. The van der Waals surface area contributed by atoms with Crippen LogP contribution in [0.2, 0.25) is 0 Å². The van der Waals surface area contributed by atoms with Crippen molar-refractivity contribution in [2.75, 3.05) is 6.26 Å². The number of nitrogens with zero attached hydrogens (tertiary/aromatic N) is 3. The van der Waals surface area contributed by atoms with Crippen molar-refractivity contribution in [2.24, 2.45) is 4.99 Å². The van der Waals surface area contributed by atoms with E-state index in [1.807, 2.05) is 18.2 Å². The topological polar surface area (TPSA) is 105 Å². The number of phenols is 1.